The van der Waals surface area contributed by atoms with Gasteiger partial charge in [-0.3, -0.25) is 14.2 Å². The van der Waals surface area contributed by atoms with Gasteiger partial charge in [-0.05, 0) is 48.5 Å². The summed E-state index contributed by atoms with van der Waals surface area (Å²) in [5, 5.41) is 6.53. The lowest BCUT2D eigenvalue weighted by Crippen LogP contribution is -2.18. The highest BCUT2D eigenvalue weighted by atomic mass is 35.5. The second-order valence-corrected chi connectivity index (χ2v) is 10.5. The Bertz CT molecular complexity index is 1930. The van der Waals surface area contributed by atoms with Crippen LogP contribution in [-0.2, 0) is 17.1 Å². The van der Waals surface area contributed by atoms with Crippen LogP contribution in [0.15, 0.2) is 66.0 Å². The summed E-state index contributed by atoms with van der Waals surface area (Å²) in [6.07, 6.45) is 2.72. The van der Waals surface area contributed by atoms with Crippen molar-refractivity contribution in [2.75, 3.05) is 15.8 Å². The molecular formula is C25H17ClF3N7O3S. The van der Waals surface area contributed by atoms with Crippen LogP contribution < -0.4 is 15.8 Å². The second kappa shape index (κ2) is 10.1. The van der Waals surface area contributed by atoms with Crippen molar-refractivity contribution in [3.63, 3.8) is 0 Å². The minimum Gasteiger partial charge on any atom is -0.383 e. The number of sulfonamides is 1. The van der Waals surface area contributed by atoms with E-state index in [1.807, 2.05) is 4.72 Å². The van der Waals surface area contributed by atoms with E-state index < -0.39 is 49.7 Å². The topological polar surface area (TPSA) is 145 Å². The minimum atomic E-state index is -4.77. The number of aromatic nitrogens is 4. The molecule has 40 heavy (non-hydrogen) atoms. The van der Waals surface area contributed by atoms with Gasteiger partial charge < -0.3 is 11.1 Å². The summed E-state index contributed by atoms with van der Waals surface area (Å²) in [7, 11) is -3.07. The summed E-state index contributed by atoms with van der Waals surface area (Å²) in [4.78, 5) is 20.5. The Morgan fingerprint density at radius 3 is 2.55 bits per heavy atom. The Morgan fingerprint density at radius 1 is 1.05 bits per heavy atom. The van der Waals surface area contributed by atoms with Crippen molar-refractivity contribution < 1.29 is 26.4 Å². The molecule has 2 heterocycles. The van der Waals surface area contributed by atoms with Crippen molar-refractivity contribution in [3.05, 3.63) is 89.1 Å². The molecule has 0 aliphatic heterocycles. The molecule has 2 aromatic heterocycles. The third kappa shape index (κ3) is 4.89. The Morgan fingerprint density at radius 2 is 1.82 bits per heavy atom. The van der Waals surface area contributed by atoms with Gasteiger partial charge >= 0.3 is 0 Å². The number of hydrogen-bond donors (Lipinski definition) is 3. The number of benzene rings is 3. The zero-order valence-electron chi connectivity index (χ0n) is 20.3. The lowest BCUT2D eigenvalue weighted by Gasteiger charge is -2.15. The first-order chi connectivity index (χ1) is 19.0. The van der Waals surface area contributed by atoms with Gasteiger partial charge in [-0.2, -0.15) is 5.10 Å². The van der Waals surface area contributed by atoms with Gasteiger partial charge in [0.25, 0.3) is 15.9 Å². The van der Waals surface area contributed by atoms with Gasteiger partial charge in [-0.1, -0.05) is 11.6 Å². The number of nitrogens with two attached hydrogens (primary N) is 1. The summed E-state index contributed by atoms with van der Waals surface area (Å²) in [5.41, 5.74) is 6.07. The number of fused-ring (bicyclic) bond motifs is 1. The maximum absolute atomic E-state index is 15.5. The first-order valence-corrected chi connectivity index (χ1v) is 13.1. The predicted molar refractivity (Wildman–Crippen MR) is 143 cm³/mol. The molecule has 4 N–H and O–H groups in total. The minimum absolute atomic E-state index is 0.0221. The molecule has 1 amide bonds. The molecule has 204 valence electrons. The zero-order chi connectivity index (χ0) is 28.8. The van der Waals surface area contributed by atoms with Crippen molar-refractivity contribution in [1.29, 1.82) is 0 Å². The monoisotopic (exact) mass is 587 g/mol. The highest BCUT2D eigenvalue weighted by Gasteiger charge is 2.25. The number of rotatable bonds is 6. The number of nitrogens with zero attached hydrogens (tertiary/aromatic N) is 4. The van der Waals surface area contributed by atoms with E-state index in [9.17, 15) is 22.0 Å². The summed E-state index contributed by atoms with van der Waals surface area (Å²) in [6.45, 7) is 0. The summed E-state index contributed by atoms with van der Waals surface area (Å²) in [6, 6.07) is 8.75. The van der Waals surface area contributed by atoms with Gasteiger partial charge in [0.05, 0.1) is 33.2 Å². The molecule has 0 radical (unpaired) electrons. The molecule has 0 aliphatic carbocycles. The van der Waals surface area contributed by atoms with E-state index in [0.717, 1.165) is 24.5 Å². The van der Waals surface area contributed by atoms with Crippen LogP contribution in [0.25, 0.3) is 22.2 Å². The molecule has 0 saturated carbocycles. The molecule has 0 atom stereocenters. The number of anilines is 3. The van der Waals surface area contributed by atoms with E-state index in [1.54, 1.807) is 30.1 Å². The number of carbonyl (C=O) groups is 1. The second-order valence-electron chi connectivity index (χ2n) is 8.44. The smallest absolute Gasteiger partial charge is 0.265 e. The molecule has 0 spiro atoms. The molecule has 0 bridgehead atoms. The number of nitrogen functional groups attached to an aromatic ring is 1. The Balaban J connectivity index is 1.55. The van der Waals surface area contributed by atoms with E-state index in [1.165, 1.54) is 6.07 Å². The van der Waals surface area contributed by atoms with Crippen LogP contribution in [0.2, 0.25) is 5.02 Å². The molecule has 3 aromatic carbocycles. The SMILES string of the molecule is Cn1nccc1-c1cc(C(=O)Nc2c(Cl)ccc(NS(=O)(=O)c3cc(F)ccc3F)c2F)c2ncnc(N)c2c1. The Hall–Kier alpha value is -4.69. The van der Waals surface area contributed by atoms with E-state index >= 15 is 4.39 Å². The third-order valence-corrected chi connectivity index (χ3v) is 7.58. The molecule has 0 unspecified atom stereocenters. The van der Waals surface area contributed by atoms with Gasteiger partial charge in [-0.15, -0.1) is 0 Å². The highest BCUT2D eigenvalue weighted by Crippen LogP contribution is 2.34. The molecule has 0 fully saturated rings. The lowest BCUT2D eigenvalue weighted by atomic mass is 10.0. The fourth-order valence-corrected chi connectivity index (χ4v) is 5.32. The molecule has 15 heteroatoms. The van der Waals surface area contributed by atoms with Crippen molar-refractivity contribution in [2.45, 2.75) is 4.90 Å². The molecule has 10 nitrogen and oxygen atoms in total. The quantitative estimate of drug-likeness (QED) is 0.260. The Kier molecular flexibility index (Phi) is 6.81. The van der Waals surface area contributed by atoms with Gasteiger partial charge in [0.1, 0.15) is 28.7 Å². The van der Waals surface area contributed by atoms with Crippen LogP contribution in [0, 0.1) is 17.5 Å². The predicted octanol–water partition coefficient (Wildman–Crippen LogP) is 4.74. The first-order valence-electron chi connectivity index (χ1n) is 11.3. The Labute approximate surface area is 229 Å². The number of carbonyl (C=O) groups excluding carboxylic acids is 1. The molecule has 5 aromatic rings. The standard InChI is InChI=1S/C25H17ClF3N7O3S/c1-36-19(6-7-33-36)12-8-14-22(31-11-32-24(14)30)15(9-12)25(37)34-23-16(26)3-5-18(21(23)29)35-40(38,39)20-10-13(27)2-4-17(20)28/h2-11,35H,1H3,(H,34,37)(H2,30,31,32). The average molecular weight is 588 g/mol. The van der Waals surface area contributed by atoms with E-state index in [4.69, 9.17) is 17.3 Å². The largest absolute Gasteiger partial charge is 0.383 e. The molecule has 0 aliphatic rings. The van der Waals surface area contributed by atoms with E-state index in [2.05, 4.69) is 20.4 Å². The van der Waals surface area contributed by atoms with Crippen molar-refractivity contribution in [2.24, 2.45) is 7.05 Å². The average Bonchev–Trinajstić information content (AvgIpc) is 3.35. The van der Waals surface area contributed by atoms with Crippen molar-refractivity contribution in [1.82, 2.24) is 19.7 Å². The van der Waals surface area contributed by atoms with Crippen molar-refractivity contribution in [3.8, 4) is 11.3 Å². The number of halogens is 4. The van der Waals surface area contributed by atoms with Crippen molar-refractivity contribution >= 4 is 55.6 Å². The number of hydrogen-bond acceptors (Lipinski definition) is 7. The van der Waals surface area contributed by atoms with Crippen LogP contribution in [0.3, 0.4) is 0 Å². The number of nitrogens with one attached hydrogen (secondary N) is 2. The summed E-state index contributed by atoms with van der Waals surface area (Å²) < 4.78 is 72.0. The highest BCUT2D eigenvalue weighted by molar-refractivity contribution is 7.92. The molecule has 5 rings (SSSR count). The summed E-state index contributed by atoms with van der Waals surface area (Å²) >= 11 is 6.15. The third-order valence-electron chi connectivity index (χ3n) is 5.89. The maximum atomic E-state index is 15.5. The van der Waals surface area contributed by atoms with Crippen LogP contribution in [-0.4, -0.2) is 34.1 Å². The van der Waals surface area contributed by atoms with Crippen LogP contribution in [0.4, 0.5) is 30.4 Å². The van der Waals surface area contributed by atoms with Crippen LogP contribution >= 0.6 is 11.6 Å². The van der Waals surface area contributed by atoms with Gasteiger partial charge in [-0.25, -0.2) is 31.6 Å². The van der Waals surface area contributed by atoms with E-state index in [0.29, 0.717) is 28.8 Å². The van der Waals surface area contributed by atoms with Gasteiger partial charge in [0.2, 0.25) is 0 Å². The van der Waals surface area contributed by atoms with Crippen LogP contribution in [0.5, 0.6) is 0 Å². The lowest BCUT2D eigenvalue weighted by molar-refractivity contribution is 0.102. The maximum Gasteiger partial charge on any atom is 0.265 e. The zero-order valence-corrected chi connectivity index (χ0v) is 21.9. The van der Waals surface area contributed by atoms with E-state index in [-0.39, 0.29) is 21.9 Å². The fourth-order valence-electron chi connectivity index (χ4n) is 3.97. The first kappa shape index (κ1) is 26.9. The number of aryl methyl sites for hydroxylation is 1. The van der Waals surface area contributed by atoms with Crippen LogP contribution in [0.1, 0.15) is 10.4 Å². The normalized spacial score (nSPS) is 11.5. The molecular weight excluding hydrogens is 571 g/mol. The van der Waals surface area contributed by atoms with Gasteiger partial charge in [0.15, 0.2) is 5.82 Å². The van der Waals surface area contributed by atoms with Gasteiger partial charge in [0, 0.05) is 24.2 Å². The fraction of sp³-hybridized carbons (Fsp3) is 0.0400. The summed E-state index contributed by atoms with van der Waals surface area (Å²) in [5.74, 6) is -4.31. The number of amides is 1. The molecule has 0 saturated heterocycles.